The lowest BCUT2D eigenvalue weighted by molar-refractivity contribution is -0.181. The minimum absolute atomic E-state index is 0.0975. The van der Waals surface area contributed by atoms with E-state index in [0.717, 1.165) is 19.3 Å². The van der Waals surface area contributed by atoms with E-state index in [1.165, 1.54) is 11.8 Å². The summed E-state index contributed by atoms with van der Waals surface area (Å²) in [5, 5.41) is 3.10. The first-order valence-corrected chi connectivity index (χ1v) is 11.6. The van der Waals surface area contributed by atoms with Crippen LogP contribution in [0.3, 0.4) is 0 Å². The molecule has 2 N–H and O–H groups in total. The van der Waals surface area contributed by atoms with Gasteiger partial charge in [-0.3, -0.25) is 9.89 Å². The predicted molar refractivity (Wildman–Crippen MR) is 104 cm³/mol. The second-order valence-corrected chi connectivity index (χ2v) is 9.37. The van der Waals surface area contributed by atoms with Crippen LogP contribution in [0, 0.1) is 5.92 Å². The van der Waals surface area contributed by atoms with Crippen molar-refractivity contribution in [3.8, 4) is 0 Å². The van der Waals surface area contributed by atoms with Crippen LogP contribution in [0.2, 0.25) is 0 Å². The molecule has 7 nitrogen and oxygen atoms in total. The van der Waals surface area contributed by atoms with Crippen LogP contribution in [0.5, 0.6) is 0 Å². The van der Waals surface area contributed by atoms with Crippen molar-refractivity contribution in [1.82, 2.24) is 19.8 Å². The molecular weight excluding hydrogens is 395 g/mol. The number of halogens is 3. The lowest BCUT2D eigenvalue weighted by atomic mass is 9.86. The molecule has 1 aliphatic carbocycles. The number of sulfonamides is 1. The maximum Gasteiger partial charge on any atom is 0.403 e. The predicted octanol–water partition coefficient (Wildman–Crippen LogP) is 1.24. The van der Waals surface area contributed by atoms with Gasteiger partial charge in [-0.25, -0.2) is 13.1 Å². The zero-order valence-corrected chi connectivity index (χ0v) is 17.4. The summed E-state index contributed by atoms with van der Waals surface area (Å²) in [5.41, 5.74) is 0. The molecule has 0 amide bonds. The molecular formula is C17H32F3N5O2S. The van der Waals surface area contributed by atoms with Crippen LogP contribution < -0.4 is 10.0 Å². The Hall–Kier alpha value is -1.07. The van der Waals surface area contributed by atoms with Crippen LogP contribution in [0.4, 0.5) is 13.2 Å². The second kappa shape index (κ2) is 10.1. The van der Waals surface area contributed by atoms with Crippen molar-refractivity contribution in [2.75, 3.05) is 51.6 Å². The monoisotopic (exact) mass is 427 g/mol. The lowest BCUT2D eigenvalue weighted by Gasteiger charge is -2.39. The molecule has 0 aromatic carbocycles. The third-order valence-electron chi connectivity index (χ3n) is 5.41. The van der Waals surface area contributed by atoms with Gasteiger partial charge in [0.2, 0.25) is 10.0 Å². The fourth-order valence-corrected chi connectivity index (χ4v) is 4.21. The van der Waals surface area contributed by atoms with Crippen LogP contribution in [-0.4, -0.2) is 88.0 Å². The highest BCUT2D eigenvalue weighted by Crippen LogP contribution is 2.26. The Labute approximate surface area is 165 Å². The van der Waals surface area contributed by atoms with E-state index < -0.39 is 22.2 Å². The molecule has 28 heavy (non-hydrogen) atoms. The van der Waals surface area contributed by atoms with E-state index in [2.05, 4.69) is 15.0 Å². The molecule has 1 heterocycles. The van der Waals surface area contributed by atoms with Gasteiger partial charge in [0.15, 0.2) is 5.96 Å². The van der Waals surface area contributed by atoms with Crippen LogP contribution in [0.15, 0.2) is 4.99 Å². The normalized spacial score (nSPS) is 21.5. The first-order valence-electron chi connectivity index (χ1n) is 9.93. The molecule has 1 atom stereocenters. The third-order valence-corrected chi connectivity index (χ3v) is 6.73. The van der Waals surface area contributed by atoms with Gasteiger partial charge in [0, 0.05) is 39.3 Å². The van der Waals surface area contributed by atoms with E-state index in [9.17, 15) is 21.6 Å². The van der Waals surface area contributed by atoms with Gasteiger partial charge >= 0.3 is 6.18 Å². The molecule has 1 saturated heterocycles. The molecule has 11 heteroatoms. The highest BCUT2D eigenvalue weighted by Gasteiger charge is 2.41. The summed E-state index contributed by atoms with van der Waals surface area (Å²) >= 11 is 0. The number of piperazine rings is 1. The number of guanidine groups is 1. The van der Waals surface area contributed by atoms with Crippen molar-refractivity contribution in [3.05, 3.63) is 0 Å². The van der Waals surface area contributed by atoms with Gasteiger partial charge < -0.3 is 10.2 Å². The van der Waals surface area contributed by atoms with Crippen molar-refractivity contribution in [1.29, 1.82) is 0 Å². The number of alkyl halides is 3. The van der Waals surface area contributed by atoms with Gasteiger partial charge in [-0.05, 0) is 32.6 Å². The average molecular weight is 428 g/mol. The molecule has 1 saturated carbocycles. The zero-order valence-electron chi connectivity index (χ0n) is 16.6. The van der Waals surface area contributed by atoms with Crippen molar-refractivity contribution in [2.45, 2.75) is 45.3 Å². The van der Waals surface area contributed by atoms with Gasteiger partial charge in [-0.15, -0.1) is 0 Å². The molecule has 0 bridgehead atoms. The number of nitrogens with zero attached hydrogens (tertiary/aromatic N) is 3. The lowest BCUT2D eigenvalue weighted by Crippen LogP contribution is -2.56. The van der Waals surface area contributed by atoms with E-state index in [1.807, 2.05) is 11.8 Å². The van der Waals surface area contributed by atoms with E-state index in [4.69, 9.17) is 0 Å². The summed E-state index contributed by atoms with van der Waals surface area (Å²) in [4.78, 5) is 7.67. The van der Waals surface area contributed by atoms with Gasteiger partial charge in [0.25, 0.3) is 0 Å². The summed E-state index contributed by atoms with van der Waals surface area (Å²) in [6, 6.07) is -1.47. The van der Waals surface area contributed by atoms with Crippen LogP contribution >= 0.6 is 0 Å². The summed E-state index contributed by atoms with van der Waals surface area (Å²) in [7, 11) is -3.37. The van der Waals surface area contributed by atoms with Gasteiger partial charge in [0.05, 0.1) is 12.3 Å². The summed E-state index contributed by atoms with van der Waals surface area (Å²) in [6.45, 7) is 5.68. The maximum atomic E-state index is 12.9. The van der Waals surface area contributed by atoms with Gasteiger partial charge in [-0.2, -0.15) is 13.2 Å². The molecule has 1 aliphatic heterocycles. The Balaban J connectivity index is 1.83. The number of aliphatic imine (C=N–C) groups is 1. The fraction of sp³-hybridized carbons (Fsp3) is 0.941. The van der Waals surface area contributed by atoms with E-state index in [-0.39, 0.29) is 25.4 Å². The number of rotatable bonds is 8. The van der Waals surface area contributed by atoms with Crippen LogP contribution in [0.1, 0.15) is 33.1 Å². The van der Waals surface area contributed by atoms with Crippen molar-refractivity contribution in [2.24, 2.45) is 10.9 Å². The summed E-state index contributed by atoms with van der Waals surface area (Å²) < 4.78 is 65.4. The molecule has 0 aromatic heterocycles. The van der Waals surface area contributed by atoms with Crippen LogP contribution in [-0.2, 0) is 10.0 Å². The Morgan fingerprint density at radius 1 is 1.21 bits per heavy atom. The summed E-state index contributed by atoms with van der Waals surface area (Å²) in [5.74, 6) is 0.904. The Morgan fingerprint density at radius 2 is 1.86 bits per heavy atom. The first-order chi connectivity index (χ1) is 13.1. The van der Waals surface area contributed by atoms with Crippen molar-refractivity contribution < 1.29 is 21.6 Å². The highest BCUT2D eigenvalue weighted by atomic mass is 32.2. The molecule has 2 rings (SSSR count). The quantitative estimate of drug-likeness (QED) is 0.450. The van der Waals surface area contributed by atoms with Crippen LogP contribution in [0.25, 0.3) is 0 Å². The minimum atomic E-state index is -4.23. The van der Waals surface area contributed by atoms with Crippen molar-refractivity contribution in [3.63, 3.8) is 0 Å². The molecule has 0 radical (unpaired) electrons. The fourth-order valence-electron chi connectivity index (χ4n) is 3.24. The molecule has 0 aromatic rings. The molecule has 2 aliphatic rings. The van der Waals surface area contributed by atoms with E-state index >= 15 is 0 Å². The number of hydrogen-bond donors (Lipinski definition) is 2. The number of nitrogens with one attached hydrogen (secondary N) is 2. The Morgan fingerprint density at radius 3 is 2.36 bits per heavy atom. The first kappa shape index (κ1) is 23.2. The Kier molecular flexibility index (Phi) is 8.38. The second-order valence-electron chi connectivity index (χ2n) is 7.44. The third kappa shape index (κ3) is 7.07. The molecule has 0 spiro atoms. The molecule has 164 valence electrons. The molecule has 1 unspecified atom stereocenters. The maximum absolute atomic E-state index is 12.9. The van der Waals surface area contributed by atoms with E-state index in [1.54, 1.807) is 0 Å². The van der Waals surface area contributed by atoms with Gasteiger partial charge in [-0.1, -0.05) is 6.42 Å². The molecule has 2 fully saturated rings. The van der Waals surface area contributed by atoms with E-state index in [0.29, 0.717) is 38.1 Å². The zero-order chi connectivity index (χ0) is 20.8. The standard InChI is InChI=1S/C17H32F3N5O2S/c1-3-21-16(22-7-12-28(26,27)23-13-15-5-4-6-15)25-10-8-24(9-11-25)14(2)17(18,19)20/h14-15,23H,3-13H2,1-2H3,(H,21,22). The average Bonchev–Trinajstić information content (AvgIpc) is 2.58. The topological polar surface area (TPSA) is 77.0 Å². The highest BCUT2D eigenvalue weighted by molar-refractivity contribution is 7.89. The SMILES string of the molecule is CCNC(=NCCS(=O)(=O)NCC1CCC1)N1CCN(C(C)C(F)(F)F)CC1. The summed E-state index contributed by atoms with van der Waals surface area (Å²) in [6.07, 6.45) is -0.923. The minimum Gasteiger partial charge on any atom is -0.357 e. The van der Waals surface area contributed by atoms with Gasteiger partial charge in [0.1, 0.15) is 6.04 Å². The number of hydrogen-bond acceptors (Lipinski definition) is 4. The Bertz CT molecular complexity index is 615. The largest absolute Gasteiger partial charge is 0.403 e. The van der Waals surface area contributed by atoms with Crippen molar-refractivity contribution >= 4 is 16.0 Å². The smallest absolute Gasteiger partial charge is 0.357 e.